The molecule has 1 aromatic carbocycles. The largest absolute Gasteiger partial charge is 0.506 e. The SMILES string of the molecule is COC(=O)CC1CN(C(=O)OC(C)(C)C)CC1c1cccc(Br)c1O. The summed E-state index contributed by atoms with van der Waals surface area (Å²) < 4.78 is 10.8. The van der Waals surface area contributed by atoms with Crippen LogP contribution in [-0.2, 0) is 14.3 Å². The van der Waals surface area contributed by atoms with Crippen LogP contribution in [0, 0.1) is 5.92 Å². The zero-order chi connectivity index (χ0) is 18.8. The van der Waals surface area contributed by atoms with Crippen molar-refractivity contribution in [2.45, 2.75) is 38.7 Å². The van der Waals surface area contributed by atoms with Gasteiger partial charge in [-0.15, -0.1) is 0 Å². The Labute approximate surface area is 156 Å². The normalized spacial score (nSPS) is 20.4. The Morgan fingerprint density at radius 2 is 2.00 bits per heavy atom. The van der Waals surface area contributed by atoms with Crippen LogP contribution in [0.5, 0.6) is 5.75 Å². The molecule has 25 heavy (non-hydrogen) atoms. The number of benzene rings is 1. The van der Waals surface area contributed by atoms with Crippen LogP contribution in [0.4, 0.5) is 4.79 Å². The first-order chi connectivity index (χ1) is 11.6. The van der Waals surface area contributed by atoms with Crippen LogP contribution in [0.2, 0.25) is 0 Å². The molecule has 1 heterocycles. The van der Waals surface area contributed by atoms with E-state index >= 15 is 0 Å². The van der Waals surface area contributed by atoms with Crippen LogP contribution in [-0.4, -0.2) is 47.9 Å². The molecule has 2 atom stereocenters. The monoisotopic (exact) mass is 413 g/mol. The van der Waals surface area contributed by atoms with E-state index in [9.17, 15) is 14.7 Å². The molecule has 0 saturated carbocycles. The molecule has 1 fully saturated rings. The molecule has 1 aliphatic rings. The van der Waals surface area contributed by atoms with Gasteiger partial charge in [0.1, 0.15) is 11.4 Å². The third-order valence-electron chi connectivity index (χ3n) is 4.17. The van der Waals surface area contributed by atoms with E-state index in [4.69, 9.17) is 9.47 Å². The van der Waals surface area contributed by atoms with E-state index in [0.717, 1.165) is 0 Å². The predicted octanol–water partition coefficient (Wildman–Crippen LogP) is 3.67. The van der Waals surface area contributed by atoms with Gasteiger partial charge in [0, 0.05) is 24.6 Å². The molecule has 1 saturated heterocycles. The number of methoxy groups -OCH3 is 1. The Morgan fingerprint density at radius 1 is 1.32 bits per heavy atom. The van der Waals surface area contributed by atoms with Crippen molar-refractivity contribution in [3.05, 3.63) is 28.2 Å². The molecule has 1 N–H and O–H groups in total. The van der Waals surface area contributed by atoms with Gasteiger partial charge in [-0.05, 0) is 48.7 Å². The van der Waals surface area contributed by atoms with Crippen molar-refractivity contribution in [1.29, 1.82) is 0 Å². The van der Waals surface area contributed by atoms with Crippen LogP contribution in [0.25, 0.3) is 0 Å². The molecule has 0 spiro atoms. The summed E-state index contributed by atoms with van der Waals surface area (Å²) in [4.78, 5) is 25.8. The Balaban J connectivity index is 2.26. The number of phenolic OH excluding ortho intramolecular Hbond substituents is 1. The molecular weight excluding hydrogens is 390 g/mol. The molecule has 1 aliphatic heterocycles. The van der Waals surface area contributed by atoms with Crippen molar-refractivity contribution in [3.8, 4) is 5.75 Å². The smallest absolute Gasteiger partial charge is 0.410 e. The van der Waals surface area contributed by atoms with Crippen molar-refractivity contribution in [1.82, 2.24) is 4.90 Å². The van der Waals surface area contributed by atoms with Crippen LogP contribution < -0.4 is 0 Å². The van der Waals surface area contributed by atoms with Crippen molar-refractivity contribution in [2.24, 2.45) is 5.92 Å². The van der Waals surface area contributed by atoms with Crippen molar-refractivity contribution >= 4 is 28.0 Å². The topological polar surface area (TPSA) is 76.1 Å². The van der Waals surface area contributed by atoms with Gasteiger partial charge >= 0.3 is 12.1 Å². The zero-order valence-corrected chi connectivity index (χ0v) is 16.5. The van der Waals surface area contributed by atoms with Gasteiger partial charge < -0.3 is 19.5 Å². The minimum atomic E-state index is -0.592. The summed E-state index contributed by atoms with van der Waals surface area (Å²) in [7, 11) is 1.34. The Kier molecular flexibility index (Phi) is 5.98. The maximum Gasteiger partial charge on any atom is 0.410 e. The molecule has 1 amide bonds. The molecule has 0 aromatic heterocycles. The molecule has 7 heteroatoms. The number of amides is 1. The second kappa shape index (κ2) is 7.64. The van der Waals surface area contributed by atoms with E-state index in [2.05, 4.69) is 15.9 Å². The molecule has 0 radical (unpaired) electrons. The summed E-state index contributed by atoms with van der Waals surface area (Å²) in [6.07, 6.45) is -0.244. The Morgan fingerprint density at radius 3 is 2.60 bits per heavy atom. The number of halogens is 1. The van der Waals surface area contributed by atoms with Gasteiger partial charge in [0.15, 0.2) is 0 Å². The standard InChI is InChI=1S/C18H24BrNO5/c1-18(2,3)25-17(23)20-9-11(8-15(21)24-4)13(10-20)12-6-5-7-14(19)16(12)22/h5-7,11,13,22H,8-10H2,1-4H3. The molecule has 6 nitrogen and oxygen atoms in total. The van der Waals surface area contributed by atoms with Gasteiger partial charge in [-0.3, -0.25) is 4.79 Å². The first kappa shape index (κ1) is 19.6. The average molecular weight is 414 g/mol. The number of likely N-dealkylation sites (tertiary alicyclic amines) is 1. The molecule has 0 bridgehead atoms. The third kappa shape index (κ3) is 4.87. The van der Waals surface area contributed by atoms with Gasteiger partial charge in [0.2, 0.25) is 0 Å². The van der Waals surface area contributed by atoms with Gasteiger partial charge in [-0.1, -0.05) is 12.1 Å². The fraction of sp³-hybridized carbons (Fsp3) is 0.556. The number of phenols is 1. The Hall–Kier alpha value is -1.76. The highest BCUT2D eigenvalue weighted by atomic mass is 79.9. The van der Waals surface area contributed by atoms with Gasteiger partial charge in [-0.2, -0.15) is 0 Å². The number of rotatable bonds is 3. The van der Waals surface area contributed by atoms with Crippen LogP contribution in [0.15, 0.2) is 22.7 Å². The lowest BCUT2D eigenvalue weighted by Crippen LogP contribution is -2.35. The summed E-state index contributed by atoms with van der Waals surface area (Å²) in [6.45, 7) is 6.18. The van der Waals surface area contributed by atoms with Crippen LogP contribution >= 0.6 is 15.9 Å². The van der Waals surface area contributed by atoms with Crippen molar-refractivity contribution in [2.75, 3.05) is 20.2 Å². The van der Waals surface area contributed by atoms with Gasteiger partial charge in [0.05, 0.1) is 18.0 Å². The van der Waals surface area contributed by atoms with E-state index in [1.54, 1.807) is 11.0 Å². The van der Waals surface area contributed by atoms with E-state index in [0.29, 0.717) is 23.1 Å². The minimum Gasteiger partial charge on any atom is -0.506 e. The molecular formula is C18H24BrNO5. The quantitative estimate of drug-likeness (QED) is 0.764. The molecule has 0 aliphatic carbocycles. The lowest BCUT2D eigenvalue weighted by atomic mass is 9.86. The zero-order valence-electron chi connectivity index (χ0n) is 14.9. The van der Waals surface area contributed by atoms with Crippen LogP contribution in [0.3, 0.4) is 0 Å². The third-order valence-corrected chi connectivity index (χ3v) is 4.81. The highest BCUT2D eigenvalue weighted by molar-refractivity contribution is 9.10. The first-order valence-corrected chi connectivity index (χ1v) is 8.93. The van der Waals surface area contributed by atoms with E-state index in [1.165, 1.54) is 7.11 Å². The molecule has 2 rings (SSSR count). The van der Waals surface area contributed by atoms with Crippen molar-refractivity contribution < 1.29 is 24.2 Å². The predicted molar refractivity (Wildman–Crippen MR) is 96.5 cm³/mol. The van der Waals surface area contributed by atoms with Gasteiger partial charge in [0.25, 0.3) is 0 Å². The number of hydrogen-bond acceptors (Lipinski definition) is 5. The Bertz CT molecular complexity index is 655. The highest BCUT2D eigenvalue weighted by Gasteiger charge is 2.40. The molecule has 2 unspecified atom stereocenters. The fourth-order valence-corrected chi connectivity index (χ4v) is 3.42. The summed E-state index contributed by atoms with van der Waals surface area (Å²) in [5, 5.41) is 10.4. The lowest BCUT2D eigenvalue weighted by molar-refractivity contribution is -0.141. The van der Waals surface area contributed by atoms with Crippen LogP contribution in [0.1, 0.15) is 38.7 Å². The number of aromatic hydroxyl groups is 1. The lowest BCUT2D eigenvalue weighted by Gasteiger charge is -2.24. The van der Waals surface area contributed by atoms with E-state index < -0.39 is 11.7 Å². The maximum atomic E-state index is 12.4. The second-order valence-corrected chi connectivity index (χ2v) is 8.06. The highest BCUT2D eigenvalue weighted by Crippen LogP contribution is 2.41. The number of hydrogen-bond donors (Lipinski definition) is 1. The van der Waals surface area contributed by atoms with E-state index in [1.807, 2.05) is 32.9 Å². The summed E-state index contributed by atoms with van der Waals surface area (Å²) in [6, 6.07) is 5.38. The summed E-state index contributed by atoms with van der Waals surface area (Å²) >= 11 is 3.31. The average Bonchev–Trinajstić information content (AvgIpc) is 2.92. The second-order valence-electron chi connectivity index (χ2n) is 7.21. The molecule has 1 aromatic rings. The summed E-state index contributed by atoms with van der Waals surface area (Å²) in [5.74, 6) is -0.534. The molecule has 138 valence electrons. The number of esters is 1. The first-order valence-electron chi connectivity index (χ1n) is 8.14. The fourth-order valence-electron chi connectivity index (χ4n) is 3.03. The maximum absolute atomic E-state index is 12.4. The van der Waals surface area contributed by atoms with Crippen molar-refractivity contribution in [3.63, 3.8) is 0 Å². The minimum absolute atomic E-state index is 0.133. The number of nitrogens with zero attached hydrogens (tertiary/aromatic N) is 1. The number of ether oxygens (including phenoxy) is 2. The number of carbonyl (C=O) groups is 2. The summed E-state index contributed by atoms with van der Waals surface area (Å²) in [5.41, 5.74) is 0.111. The van der Waals surface area contributed by atoms with Gasteiger partial charge in [-0.25, -0.2) is 4.79 Å². The number of carbonyl (C=O) groups excluding carboxylic acids is 2. The number of para-hydroxylation sites is 1. The van der Waals surface area contributed by atoms with E-state index in [-0.39, 0.29) is 30.0 Å².